The summed E-state index contributed by atoms with van der Waals surface area (Å²) in [5, 5.41) is 2.79. The zero-order chi connectivity index (χ0) is 7.56. The summed E-state index contributed by atoms with van der Waals surface area (Å²) in [5.41, 5.74) is 0. The second kappa shape index (κ2) is 2.79. The largest absolute Gasteiger partial charge is 0.468 e. The van der Waals surface area contributed by atoms with Crippen LogP contribution in [0.3, 0.4) is 0 Å². The van der Waals surface area contributed by atoms with Crippen molar-refractivity contribution in [3.05, 3.63) is 0 Å². The van der Waals surface area contributed by atoms with Gasteiger partial charge in [0, 0.05) is 6.54 Å². The first-order valence-electron chi connectivity index (χ1n) is 3.07. The molecule has 56 valence electrons. The molecule has 10 heavy (non-hydrogen) atoms. The van der Waals surface area contributed by atoms with Gasteiger partial charge in [-0.1, -0.05) is 0 Å². The van der Waals surface area contributed by atoms with Crippen LogP contribution in [0.1, 0.15) is 0 Å². The van der Waals surface area contributed by atoms with Crippen molar-refractivity contribution in [3.63, 3.8) is 0 Å². The van der Waals surface area contributed by atoms with Crippen molar-refractivity contribution in [1.82, 2.24) is 5.32 Å². The summed E-state index contributed by atoms with van der Waals surface area (Å²) >= 11 is 0. The number of nitrogens with one attached hydrogen (secondary N) is 1. The SMILES string of the molecule is COC(=O)C1CNCC1=O. The van der Waals surface area contributed by atoms with Crippen molar-refractivity contribution in [1.29, 1.82) is 0 Å². The number of ketones is 1. The molecule has 4 heteroatoms. The molecule has 0 amide bonds. The van der Waals surface area contributed by atoms with E-state index in [0.717, 1.165) is 0 Å². The van der Waals surface area contributed by atoms with Crippen molar-refractivity contribution >= 4 is 11.8 Å². The van der Waals surface area contributed by atoms with Crippen LogP contribution in [-0.2, 0) is 14.3 Å². The Labute approximate surface area is 58.5 Å². The van der Waals surface area contributed by atoms with Gasteiger partial charge in [0.1, 0.15) is 5.92 Å². The molecule has 0 bridgehead atoms. The van der Waals surface area contributed by atoms with Gasteiger partial charge < -0.3 is 10.1 Å². The van der Waals surface area contributed by atoms with Crippen LogP contribution in [0.15, 0.2) is 0 Å². The van der Waals surface area contributed by atoms with Crippen LogP contribution in [0.4, 0.5) is 0 Å². The first kappa shape index (κ1) is 7.21. The van der Waals surface area contributed by atoms with Crippen molar-refractivity contribution in [2.75, 3.05) is 20.2 Å². The number of methoxy groups -OCH3 is 1. The minimum Gasteiger partial charge on any atom is -0.468 e. The van der Waals surface area contributed by atoms with Crippen molar-refractivity contribution < 1.29 is 14.3 Å². The molecule has 1 heterocycles. The van der Waals surface area contributed by atoms with E-state index < -0.39 is 11.9 Å². The Balaban J connectivity index is 2.55. The smallest absolute Gasteiger partial charge is 0.317 e. The van der Waals surface area contributed by atoms with Gasteiger partial charge in [-0.05, 0) is 0 Å². The van der Waals surface area contributed by atoms with Crippen LogP contribution >= 0.6 is 0 Å². The summed E-state index contributed by atoms with van der Waals surface area (Å²) in [4.78, 5) is 21.6. The summed E-state index contributed by atoms with van der Waals surface area (Å²) in [5.74, 6) is -1.08. The third-order valence-corrected chi connectivity index (χ3v) is 1.52. The monoisotopic (exact) mass is 143 g/mol. The maximum absolute atomic E-state index is 10.8. The first-order chi connectivity index (χ1) is 4.75. The molecule has 1 rings (SSSR count). The van der Waals surface area contributed by atoms with Crippen LogP contribution < -0.4 is 5.32 Å². The highest BCUT2D eigenvalue weighted by atomic mass is 16.5. The van der Waals surface area contributed by atoms with E-state index in [1.165, 1.54) is 7.11 Å². The van der Waals surface area contributed by atoms with Crippen LogP contribution in [-0.4, -0.2) is 32.0 Å². The molecule has 0 aromatic heterocycles. The number of esters is 1. The second-order valence-electron chi connectivity index (χ2n) is 2.17. The van der Waals surface area contributed by atoms with Gasteiger partial charge in [-0.3, -0.25) is 9.59 Å². The van der Waals surface area contributed by atoms with E-state index in [1.54, 1.807) is 0 Å². The lowest BCUT2D eigenvalue weighted by Crippen LogP contribution is -2.23. The summed E-state index contributed by atoms with van der Waals surface area (Å²) < 4.78 is 4.40. The van der Waals surface area contributed by atoms with Gasteiger partial charge in [-0.25, -0.2) is 0 Å². The van der Waals surface area contributed by atoms with Crippen LogP contribution in [0.25, 0.3) is 0 Å². The van der Waals surface area contributed by atoms with Gasteiger partial charge >= 0.3 is 5.97 Å². The number of ether oxygens (including phenoxy) is 1. The average Bonchev–Trinajstić information content (AvgIpc) is 2.34. The molecule has 0 aromatic rings. The van der Waals surface area contributed by atoms with Gasteiger partial charge in [0.2, 0.25) is 0 Å². The Morgan fingerprint density at radius 3 is 2.90 bits per heavy atom. The lowest BCUT2D eigenvalue weighted by molar-refractivity contribution is -0.147. The van der Waals surface area contributed by atoms with Crippen LogP contribution in [0, 0.1) is 5.92 Å². The van der Waals surface area contributed by atoms with Crippen LogP contribution in [0.2, 0.25) is 0 Å². The van der Waals surface area contributed by atoms with Crippen LogP contribution in [0.5, 0.6) is 0 Å². The van der Waals surface area contributed by atoms with Crippen molar-refractivity contribution in [2.45, 2.75) is 0 Å². The maximum Gasteiger partial charge on any atom is 0.317 e. The lowest BCUT2D eigenvalue weighted by Gasteiger charge is -2.01. The fraction of sp³-hybridized carbons (Fsp3) is 0.667. The molecule has 1 unspecified atom stereocenters. The molecule has 1 fully saturated rings. The maximum atomic E-state index is 10.8. The molecule has 0 radical (unpaired) electrons. The number of carbonyl (C=O) groups is 2. The number of rotatable bonds is 1. The molecule has 1 aliphatic heterocycles. The van der Waals surface area contributed by atoms with Gasteiger partial charge in [0.25, 0.3) is 0 Å². The topological polar surface area (TPSA) is 55.4 Å². The summed E-state index contributed by atoms with van der Waals surface area (Å²) in [6, 6.07) is 0. The number of hydrogen-bond donors (Lipinski definition) is 1. The highest BCUT2D eigenvalue weighted by Gasteiger charge is 2.31. The third kappa shape index (κ3) is 1.16. The quantitative estimate of drug-likeness (QED) is 0.376. The Hall–Kier alpha value is -0.900. The predicted molar refractivity (Wildman–Crippen MR) is 33.4 cm³/mol. The molecular weight excluding hydrogens is 134 g/mol. The molecule has 0 aromatic carbocycles. The standard InChI is InChI=1S/C6H9NO3/c1-10-6(9)4-2-7-3-5(4)8/h4,7H,2-3H2,1H3. The zero-order valence-electron chi connectivity index (χ0n) is 5.72. The number of carbonyl (C=O) groups excluding carboxylic acids is 2. The average molecular weight is 143 g/mol. The minimum atomic E-state index is -0.565. The number of hydrogen-bond acceptors (Lipinski definition) is 4. The van der Waals surface area contributed by atoms with E-state index in [0.29, 0.717) is 13.1 Å². The summed E-state index contributed by atoms with van der Waals surface area (Å²) in [6.07, 6.45) is 0. The molecule has 0 spiro atoms. The molecule has 1 saturated heterocycles. The third-order valence-electron chi connectivity index (χ3n) is 1.52. The molecular formula is C6H9NO3. The minimum absolute atomic E-state index is 0.0770. The van der Waals surface area contributed by atoms with Gasteiger partial charge in [0.15, 0.2) is 5.78 Å². The van der Waals surface area contributed by atoms with Gasteiger partial charge in [0.05, 0.1) is 13.7 Å². The molecule has 1 N–H and O–H groups in total. The van der Waals surface area contributed by atoms with Gasteiger partial charge in [-0.15, -0.1) is 0 Å². The molecule has 1 atom stereocenters. The second-order valence-corrected chi connectivity index (χ2v) is 2.17. The molecule has 0 aliphatic carbocycles. The summed E-state index contributed by atoms with van der Waals surface area (Å²) in [7, 11) is 1.29. The fourth-order valence-electron chi connectivity index (χ4n) is 0.934. The molecule has 0 saturated carbocycles. The summed E-state index contributed by atoms with van der Waals surface area (Å²) in [6.45, 7) is 0.714. The molecule has 4 nitrogen and oxygen atoms in total. The molecule has 1 aliphatic rings. The highest BCUT2D eigenvalue weighted by Crippen LogP contribution is 2.04. The van der Waals surface area contributed by atoms with E-state index in [-0.39, 0.29) is 5.78 Å². The van der Waals surface area contributed by atoms with Gasteiger partial charge in [-0.2, -0.15) is 0 Å². The predicted octanol–water partition coefficient (Wildman–Crippen LogP) is -1.05. The fourth-order valence-corrected chi connectivity index (χ4v) is 0.934. The Morgan fingerprint density at radius 1 is 1.80 bits per heavy atom. The highest BCUT2D eigenvalue weighted by molar-refractivity contribution is 6.01. The van der Waals surface area contributed by atoms with E-state index in [4.69, 9.17) is 0 Å². The van der Waals surface area contributed by atoms with E-state index in [9.17, 15) is 9.59 Å². The first-order valence-corrected chi connectivity index (χ1v) is 3.07. The van der Waals surface area contributed by atoms with Crippen molar-refractivity contribution in [2.24, 2.45) is 5.92 Å². The Morgan fingerprint density at radius 2 is 2.50 bits per heavy atom. The normalized spacial score (nSPS) is 24.9. The van der Waals surface area contributed by atoms with E-state index >= 15 is 0 Å². The van der Waals surface area contributed by atoms with Crippen molar-refractivity contribution in [3.8, 4) is 0 Å². The number of Topliss-reactive ketones (excluding diaryl/α,β-unsaturated/α-hetero) is 1. The Kier molecular flexibility index (Phi) is 2.01. The van der Waals surface area contributed by atoms with E-state index in [2.05, 4.69) is 10.1 Å². The van der Waals surface area contributed by atoms with E-state index in [1.807, 2.05) is 0 Å². The zero-order valence-corrected chi connectivity index (χ0v) is 5.72. The lowest BCUT2D eigenvalue weighted by atomic mass is 10.1. The Bertz CT molecular complexity index is 166.